The first-order chi connectivity index (χ1) is 18.1. The fraction of sp³-hybridized carbons (Fsp3) is 0.185. The highest BCUT2D eigenvalue weighted by Gasteiger charge is 2.22. The topological polar surface area (TPSA) is 97.2 Å². The van der Waals surface area contributed by atoms with Crippen LogP contribution in [0.25, 0.3) is 22.6 Å². The zero-order chi connectivity index (χ0) is 27.4. The molecule has 0 amide bonds. The summed E-state index contributed by atoms with van der Waals surface area (Å²) in [6.07, 6.45) is -1.56. The van der Waals surface area contributed by atoms with E-state index >= 15 is 4.39 Å². The summed E-state index contributed by atoms with van der Waals surface area (Å²) < 4.78 is 59.5. The predicted molar refractivity (Wildman–Crippen MR) is 132 cm³/mol. The second kappa shape index (κ2) is 11.2. The molecule has 0 unspecified atom stereocenters. The van der Waals surface area contributed by atoms with Crippen LogP contribution in [0.15, 0.2) is 54.7 Å². The van der Waals surface area contributed by atoms with Crippen LogP contribution < -0.4 is 10.1 Å². The summed E-state index contributed by atoms with van der Waals surface area (Å²) in [4.78, 5) is 23.6. The molecule has 196 valence electrons. The van der Waals surface area contributed by atoms with E-state index in [0.717, 1.165) is 29.0 Å². The molecule has 2 aromatic carbocycles. The van der Waals surface area contributed by atoms with Crippen molar-refractivity contribution in [1.82, 2.24) is 15.0 Å². The van der Waals surface area contributed by atoms with E-state index in [0.29, 0.717) is 5.56 Å². The minimum Gasteiger partial charge on any atom is -0.488 e. The van der Waals surface area contributed by atoms with Gasteiger partial charge in [-0.25, -0.2) is 32.9 Å². The number of anilines is 1. The van der Waals surface area contributed by atoms with E-state index in [1.54, 1.807) is 0 Å². The van der Waals surface area contributed by atoms with Crippen LogP contribution in [0.4, 0.5) is 23.4 Å². The Hall–Kier alpha value is -4.54. The molecule has 0 saturated heterocycles. The van der Waals surface area contributed by atoms with Gasteiger partial charge >= 0.3 is 5.97 Å². The van der Waals surface area contributed by atoms with Crippen molar-refractivity contribution in [2.24, 2.45) is 0 Å². The smallest absolute Gasteiger partial charge is 0.338 e. The Bertz CT molecular complexity index is 1480. The van der Waals surface area contributed by atoms with Crippen molar-refractivity contribution in [2.75, 3.05) is 11.9 Å². The Balaban J connectivity index is 1.63. The predicted octanol–water partition coefficient (Wildman–Crippen LogP) is 6.05. The molecule has 0 spiro atoms. The van der Waals surface area contributed by atoms with E-state index in [1.807, 2.05) is 32.0 Å². The number of ether oxygens (including phenoxy) is 1. The molecule has 0 bridgehead atoms. The highest BCUT2D eigenvalue weighted by Crippen LogP contribution is 2.29. The minimum atomic E-state index is -2.65. The van der Waals surface area contributed by atoms with Gasteiger partial charge in [0, 0.05) is 12.1 Å². The first-order valence-electron chi connectivity index (χ1n) is 11.4. The number of benzene rings is 2. The van der Waals surface area contributed by atoms with E-state index in [1.165, 1.54) is 24.3 Å². The van der Waals surface area contributed by atoms with Gasteiger partial charge in [0.2, 0.25) is 0 Å². The van der Waals surface area contributed by atoms with Gasteiger partial charge < -0.3 is 15.2 Å². The molecule has 38 heavy (non-hydrogen) atoms. The lowest BCUT2D eigenvalue weighted by Crippen LogP contribution is -2.09. The zero-order valence-corrected chi connectivity index (χ0v) is 20.3. The number of aromatic nitrogens is 3. The number of alkyl halides is 2. The van der Waals surface area contributed by atoms with Crippen LogP contribution in [0.2, 0.25) is 0 Å². The van der Waals surface area contributed by atoms with Gasteiger partial charge in [0.05, 0.1) is 17.5 Å². The lowest BCUT2D eigenvalue weighted by atomic mass is 10.1. The number of carbonyl (C=O) groups is 1. The molecule has 4 rings (SSSR count). The molecule has 0 aliphatic heterocycles. The summed E-state index contributed by atoms with van der Waals surface area (Å²) in [5.41, 5.74) is 1.96. The summed E-state index contributed by atoms with van der Waals surface area (Å²) >= 11 is 0. The number of nitrogens with one attached hydrogen (secondary N) is 1. The monoisotopic (exact) mass is 526 g/mol. The fourth-order valence-corrected chi connectivity index (χ4v) is 3.58. The van der Waals surface area contributed by atoms with Gasteiger partial charge in [0.25, 0.3) is 12.4 Å². The number of nitrogens with zero attached hydrogens (tertiary/aromatic N) is 3. The lowest BCUT2D eigenvalue weighted by molar-refractivity contribution is 0.0691. The third-order valence-corrected chi connectivity index (χ3v) is 5.72. The number of pyridine rings is 1. The van der Waals surface area contributed by atoms with Crippen molar-refractivity contribution in [1.29, 1.82) is 0 Å². The Morgan fingerprint density at radius 2 is 1.74 bits per heavy atom. The first-order valence-corrected chi connectivity index (χ1v) is 11.4. The summed E-state index contributed by atoms with van der Waals surface area (Å²) in [7, 11) is 0. The number of hydrogen-bond donors (Lipinski definition) is 2. The number of aromatic carboxylic acids is 1. The fourth-order valence-electron chi connectivity index (χ4n) is 3.58. The van der Waals surface area contributed by atoms with E-state index in [2.05, 4.69) is 20.3 Å². The molecule has 2 N–H and O–H groups in total. The molecule has 2 heterocycles. The Morgan fingerprint density at radius 3 is 2.37 bits per heavy atom. The quantitative estimate of drug-likeness (QED) is 0.256. The molecule has 2 aromatic heterocycles. The molecule has 0 radical (unpaired) electrons. The number of rotatable bonds is 9. The van der Waals surface area contributed by atoms with Crippen molar-refractivity contribution in [3.8, 4) is 28.4 Å². The number of aryl methyl sites for hydroxylation is 2. The van der Waals surface area contributed by atoms with Gasteiger partial charge in [-0.15, -0.1) is 0 Å². The molecule has 0 fully saturated rings. The van der Waals surface area contributed by atoms with Gasteiger partial charge in [-0.2, -0.15) is 4.39 Å². The Morgan fingerprint density at radius 1 is 1.00 bits per heavy atom. The molecule has 7 nitrogen and oxygen atoms in total. The number of hydrogen-bond acceptors (Lipinski definition) is 6. The number of halogens is 4. The molecule has 0 aliphatic rings. The van der Waals surface area contributed by atoms with E-state index in [-0.39, 0.29) is 29.5 Å². The van der Waals surface area contributed by atoms with Crippen LogP contribution in [0.3, 0.4) is 0 Å². The van der Waals surface area contributed by atoms with E-state index in [4.69, 9.17) is 4.74 Å². The summed E-state index contributed by atoms with van der Waals surface area (Å²) in [5.74, 6) is -3.80. The van der Waals surface area contributed by atoms with Gasteiger partial charge in [-0.1, -0.05) is 18.2 Å². The van der Waals surface area contributed by atoms with Crippen LogP contribution in [-0.2, 0) is 6.54 Å². The van der Waals surface area contributed by atoms with Crippen LogP contribution in [0, 0.1) is 25.6 Å². The summed E-state index contributed by atoms with van der Waals surface area (Å²) in [6.45, 7) is 3.43. The summed E-state index contributed by atoms with van der Waals surface area (Å²) in [6, 6.07) is 12.5. The maximum Gasteiger partial charge on any atom is 0.338 e. The van der Waals surface area contributed by atoms with E-state index in [9.17, 15) is 23.1 Å². The second-order valence-corrected chi connectivity index (χ2v) is 8.42. The van der Waals surface area contributed by atoms with Crippen molar-refractivity contribution >= 4 is 11.8 Å². The van der Waals surface area contributed by atoms with Crippen molar-refractivity contribution < 1.29 is 32.2 Å². The standard InChI is InChI=1S/C27H22F4N4O3/c1-14-3-4-16(9-15(14)2)11-32-26-25(31)35-21(12-33-26)24-23(30)19(27(36)37)10-20(34-24)17-5-7-18(8-6-17)38-13-22(28)29/h3-10,12,22H,11,13H2,1-2H3,(H,32,33)(H,36,37). The normalized spacial score (nSPS) is 11.0. The molecule has 0 atom stereocenters. The van der Waals surface area contributed by atoms with Crippen LogP contribution >= 0.6 is 0 Å². The zero-order valence-electron chi connectivity index (χ0n) is 20.3. The Kier molecular flexibility index (Phi) is 7.85. The molecule has 0 aliphatic carbocycles. The molecular weight excluding hydrogens is 504 g/mol. The number of carboxylic acid groups (broad SMARTS) is 1. The second-order valence-electron chi connectivity index (χ2n) is 8.42. The van der Waals surface area contributed by atoms with Crippen LogP contribution in [0.1, 0.15) is 27.0 Å². The SMILES string of the molecule is Cc1ccc(CNc2ncc(-c3nc(-c4ccc(OCC(F)F)cc4)cc(C(=O)O)c3F)nc2F)cc1C. The molecule has 0 saturated carbocycles. The largest absolute Gasteiger partial charge is 0.488 e. The third-order valence-electron chi connectivity index (χ3n) is 5.72. The average Bonchev–Trinajstić information content (AvgIpc) is 2.89. The maximum absolute atomic E-state index is 15.1. The highest BCUT2D eigenvalue weighted by atomic mass is 19.3. The lowest BCUT2D eigenvalue weighted by Gasteiger charge is -2.11. The van der Waals surface area contributed by atoms with Crippen molar-refractivity contribution in [2.45, 2.75) is 26.8 Å². The third kappa shape index (κ3) is 6.05. The average molecular weight is 526 g/mol. The van der Waals surface area contributed by atoms with Gasteiger partial charge in [0.15, 0.2) is 11.6 Å². The van der Waals surface area contributed by atoms with Gasteiger partial charge in [-0.3, -0.25) is 0 Å². The van der Waals surface area contributed by atoms with Gasteiger partial charge in [-0.05, 0) is 60.9 Å². The maximum atomic E-state index is 15.1. The summed E-state index contributed by atoms with van der Waals surface area (Å²) in [5, 5.41) is 12.4. The Labute approximate surface area is 215 Å². The first kappa shape index (κ1) is 26.5. The van der Waals surface area contributed by atoms with Crippen LogP contribution in [-0.4, -0.2) is 39.1 Å². The number of carboxylic acids is 1. The van der Waals surface area contributed by atoms with Gasteiger partial charge in [0.1, 0.15) is 23.7 Å². The highest BCUT2D eigenvalue weighted by molar-refractivity contribution is 5.91. The van der Waals surface area contributed by atoms with E-state index < -0.39 is 42.0 Å². The van der Waals surface area contributed by atoms with Crippen molar-refractivity contribution in [3.63, 3.8) is 0 Å². The molecule has 4 aromatic rings. The molecule has 11 heteroatoms. The minimum absolute atomic E-state index is 0.0401. The van der Waals surface area contributed by atoms with Crippen molar-refractivity contribution in [3.05, 3.63) is 88.7 Å². The van der Waals surface area contributed by atoms with Crippen LogP contribution in [0.5, 0.6) is 5.75 Å². The molecular formula is C27H22F4N4O3.